The van der Waals surface area contributed by atoms with Gasteiger partial charge in [0.2, 0.25) is 0 Å². The summed E-state index contributed by atoms with van der Waals surface area (Å²) < 4.78 is 2.65. The molecule has 0 N–H and O–H groups in total. The van der Waals surface area contributed by atoms with Gasteiger partial charge < -0.3 is 56.9 Å². The monoisotopic (exact) mass is 734 g/mol. The van der Waals surface area contributed by atoms with Crippen molar-refractivity contribution in [3.05, 3.63) is 0 Å². The maximum absolute atomic E-state index is 2.58. The predicted molar refractivity (Wildman–Crippen MR) is 154 cm³/mol. The molecule has 0 saturated carbocycles. The van der Waals surface area contributed by atoms with E-state index in [1.165, 1.54) is 164 Å². The number of halogens is 2. The van der Waals surface area contributed by atoms with Gasteiger partial charge in [0.25, 0.3) is 0 Å². The second kappa shape index (κ2) is 24.2. The van der Waals surface area contributed by atoms with Gasteiger partial charge in [0, 0.05) is 0 Å². The number of rotatable bonds is 22. The first-order chi connectivity index (χ1) is 16.4. The lowest BCUT2D eigenvalue weighted by Gasteiger charge is -2.54. The number of hydrogen-bond donors (Lipinski definition) is 0. The van der Waals surface area contributed by atoms with Crippen LogP contribution in [0.4, 0.5) is 0 Å². The molecule has 1 heterocycles. The van der Waals surface area contributed by atoms with Gasteiger partial charge in [-0.3, -0.25) is 0 Å². The van der Waals surface area contributed by atoms with Gasteiger partial charge in [-0.1, -0.05) is 117 Å². The van der Waals surface area contributed by atoms with Gasteiger partial charge in [-0.05, 0) is 39.5 Å². The second-order valence-electron chi connectivity index (χ2n) is 12.8. The topological polar surface area (TPSA) is 0 Å². The first-order valence-corrected chi connectivity index (χ1v) is 16.1. The Morgan fingerprint density at radius 2 is 0.722 bits per heavy atom. The van der Waals surface area contributed by atoms with Crippen LogP contribution in [0.25, 0.3) is 0 Å². The minimum Gasteiger partial charge on any atom is -1.00 e. The molecule has 0 aliphatic carbocycles. The first kappa shape index (κ1) is 39.5. The van der Waals surface area contributed by atoms with Crippen molar-refractivity contribution in [1.29, 1.82) is 0 Å². The number of likely N-dealkylation sites (N-methyl/N-ethyl adjacent to an activating group) is 2. The van der Waals surface area contributed by atoms with Crippen LogP contribution in [0.3, 0.4) is 0 Å². The molecule has 0 spiro atoms. The van der Waals surface area contributed by atoms with Gasteiger partial charge in [-0.25, -0.2) is 0 Å². The van der Waals surface area contributed by atoms with E-state index in [9.17, 15) is 0 Å². The fraction of sp³-hybridized carbons (Fsp3) is 1.00. The molecule has 0 aromatic heterocycles. The molecule has 4 heteroatoms. The molecule has 220 valence electrons. The summed E-state index contributed by atoms with van der Waals surface area (Å²) >= 11 is 0. The maximum Gasteiger partial charge on any atom is 0.136 e. The van der Waals surface area contributed by atoms with Crippen LogP contribution >= 0.6 is 0 Å². The van der Waals surface area contributed by atoms with Crippen LogP contribution in [0.2, 0.25) is 0 Å². The summed E-state index contributed by atoms with van der Waals surface area (Å²) in [6, 6.07) is 1.60. The zero-order valence-electron chi connectivity index (χ0n) is 25.8. The highest BCUT2D eigenvalue weighted by molar-refractivity contribution is 4.67. The SMILES string of the molecule is CCCCCCCCCCCC[N+]1(C)CC(C)[N+](C)(CCCCCCCCCCCC)C(C)C1.[I-].[I-]. The Kier molecular flexibility index (Phi) is 26.6. The zero-order chi connectivity index (χ0) is 25.1. The molecule has 0 radical (unpaired) electrons. The van der Waals surface area contributed by atoms with E-state index in [1.54, 1.807) is 0 Å². The Labute approximate surface area is 263 Å². The van der Waals surface area contributed by atoms with Crippen LogP contribution < -0.4 is 48.0 Å². The van der Waals surface area contributed by atoms with Crippen LogP contribution in [0, 0.1) is 0 Å². The lowest BCUT2D eigenvalue weighted by molar-refractivity contribution is -1.05. The summed E-state index contributed by atoms with van der Waals surface area (Å²) in [6.07, 6.45) is 29.0. The molecule has 1 fully saturated rings. The lowest BCUT2D eigenvalue weighted by atomic mass is 9.99. The van der Waals surface area contributed by atoms with Crippen molar-refractivity contribution in [3.63, 3.8) is 0 Å². The van der Waals surface area contributed by atoms with E-state index >= 15 is 0 Å². The van der Waals surface area contributed by atoms with Gasteiger partial charge >= 0.3 is 0 Å². The van der Waals surface area contributed by atoms with Crippen molar-refractivity contribution < 1.29 is 56.9 Å². The van der Waals surface area contributed by atoms with E-state index in [-0.39, 0.29) is 48.0 Å². The second-order valence-corrected chi connectivity index (χ2v) is 12.8. The lowest BCUT2D eigenvalue weighted by Crippen LogP contribution is -3.00. The number of hydrogen-bond acceptors (Lipinski definition) is 0. The predicted octanol–water partition coefficient (Wildman–Crippen LogP) is 3.52. The Morgan fingerprint density at radius 1 is 0.444 bits per heavy atom. The standard InChI is InChI=1S/C32H68N2.2HI/c1-7-9-11-13-15-17-19-21-23-25-27-33(5)29-31(3)34(6,32(4)30-33)28-26-24-22-20-18-16-14-12-10-8-2;;/h31-32H,7-30H2,1-6H3;2*1H/q+2;;/p-2. The van der Waals surface area contributed by atoms with Crippen LogP contribution in [0.5, 0.6) is 0 Å². The van der Waals surface area contributed by atoms with Crippen molar-refractivity contribution in [2.24, 2.45) is 0 Å². The first-order valence-electron chi connectivity index (χ1n) is 16.1. The fourth-order valence-corrected chi connectivity index (χ4v) is 6.70. The molecule has 1 rings (SSSR count). The molecule has 36 heavy (non-hydrogen) atoms. The summed E-state index contributed by atoms with van der Waals surface area (Å²) in [4.78, 5) is 0. The van der Waals surface area contributed by atoms with Crippen LogP contribution in [0.15, 0.2) is 0 Å². The smallest absolute Gasteiger partial charge is 0.136 e. The molecule has 0 aromatic carbocycles. The quantitative estimate of drug-likeness (QED) is 0.0909. The summed E-state index contributed by atoms with van der Waals surface area (Å²) in [7, 11) is 5.14. The molecule has 1 aliphatic heterocycles. The largest absolute Gasteiger partial charge is 1.00 e. The summed E-state index contributed by atoms with van der Waals surface area (Å²) in [5.41, 5.74) is 0. The van der Waals surface area contributed by atoms with Crippen molar-refractivity contribution in [3.8, 4) is 0 Å². The van der Waals surface area contributed by atoms with Gasteiger partial charge in [0.1, 0.15) is 25.2 Å². The zero-order valence-corrected chi connectivity index (χ0v) is 30.1. The number of nitrogens with zero attached hydrogens (tertiary/aromatic N) is 2. The normalized spacial score (nSPS) is 25.8. The van der Waals surface area contributed by atoms with Gasteiger partial charge in [0.05, 0.1) is 27.2 Å². The van der Waals surface area contributed by atoms with E-state index < -0.39 is 0 Å². The molecule has 2 nitrogen and oxygen atoms in total. The highest BCUT2D eigenvalue weighted by Crippen LogP contribution is 2.29. The van der Waals surface area contributed by atoms with E-state index in [2.05, 4.69) is 41.8 Å². The summed E-state index contributed by atoms with van der Waals surface area (Å²) in [5, 5.41) is 0. The minimum atomic E-state index is 0. The van der Waals surface area contributed by atoms with Crippen molar-refractivity contribution in [2.75, 3.05) is 40.3 Å². The van der Waals surface area contributed by atoms with E-state index in [4.69, 9.17) is 0 Å². The third-order valence-corrected chi connectivity index (χ3v) is 9.47. The molecule has 0 aromatic rings. The third kappa shape index (κ3) is 17.2. The number of quaternary nitrogens is 2. The summed E-state index contributed by atoms with van der Waals surface area (Å²) in [5.74, 6) is 0. The van der Waals surface area contributed by atoms with Gasteiger partial charge in [-0.15, -0.1) is 0 Å². The molecular formula is C32H68I2N2. The van der Waals surface area contributed by atoms with E-state index in [1.807, 2.05) is 0 Å². The fourth-order valence-electron chi connectivity index (χ4n) is 6.70. The Balaban J connectivity index is 0. The Bertz CT molecular complexity index is 459. The molecule has 1 aliphatic rings. The van der Waals surface area contributed by atoms with Crippen molar-refractivity contribution in [1.82, 2.24) is 0 Å². The average Bonchev–Trinajstić information content (AvgIpc) is 2.80. The van der Waals surface area contributed by atoms with E-state index in [0.717, 1.165) is 12.1 Å². The highest BCUT2D eigenvalue weighted by atomic mass is 127. The number of unbranched alkanes of at least 4 members (excludes halogenated alkanes) is 18. The van der Waals surface area contributed by atoms with Crippen LogP contribution in [0.1, 0.15) is 156 Å². The number of piperazine rings is 1. The molecule has 0 amide bonds. The average molecular weight is 735 g/mol. The van der Waals surface area contributed by atoms with Crippen molar-refractivity contribution in [2.45, 2.75) is 168 Å². The molecule has 2 atom stereocenters. The van der Waals surface area contributed by atoms with E-state index in [0.29, 0.717) is 0 Å². The molecule has 1 saturated heterocycles. The van der Waals surface area contributed by atoms with Gasteiger partial charge in [0.15, 0.2) is 0 Å². The molecule has 0 bridgehead atoms. The molecule has 2 unspecified atom stereocenters. The van der Waals surface area contributed by atoms with Crippen molar-refractivity contribution >= 4 is 0 Å². The third-order valence-electron chi connectivity index (χ3n) is 9.47. The maximum atomic E-state index is 2.58. The van der Waals surface area contributed by atoms with Gasteiger partial charge in [-0.2, -0.15) is 0 Å². The Hall–Kier alpha value is 1.38. The summed E-state index contributed by atoms with van der Waals surface area (Å²) in [6.45, 7) is 15.3. The van der Waals surface area contributed by atoms with Crippen LogP contribution in [-0.4, -0.2) is 61.3 Å². The van der Waals surface area contributed by atoms with Crippen LogP contribution in [-0.2, 0) is 0 Å². The minimum absolute atomic E-state index is 0. The Morgan fingerprint density at radius 3 is 1.06 bits per heavy atom. The molecular weight excluding hydrogens is 666 g/mol. The highest BCUT2D eigenvalue weighted by Gasteiger charge is 2.47.